The monoisotopic (exact) mass is 252 g/mol. The average molecular weight is 252 g/mol. The van der Waals surface area contributed by atoms with Crippen LogP contribution in [-0.4, -0.2) is 23.5 Å². The predicted molar refractivity (Wildman–Crippen MR) is 69.5 cm³/mol. The molecule has 2 aliphatic rings. The van der Waals surface area contributed by atoms with E-state index in [0.29, 0.717) is 17.2 Å². The van der Waals surface area contributed by atoms with Crippen LogP contribution in [0.25, 0.3) is 0 Å². The number of carbonyl (C=O) groups excluding carboxylic acids is 1. The lowest BCUT2D eigenvalue weighted by molar-refractivity contribution is -0.134. The Bertz CT molecular complexity index is 344. The Morgan fingerprint density at radius 3 is 2.65 bits per heavy atom. The van der Waals surface area contributed by atoms with Crippen molar-refractivity contribution < 1.29 is 4.79 Å². The van der Waals surface area contributed by atoms with Gasteiger partial charge in [-0.3, -0.25) is 4.79 Å². The molecular weight excluding hydrogens is 232 g/mol. The smallest absolute Gasteiger partial charge is 0.240 e. The van der Waals surface area contributed by atoms with Crippen LogP contribution in [0.5, 0.6) is 0 Å². The third-order valence-electron chi connectivity index (χ3n) is 4.10. The third kappa shape index (κ3) is 2.44. The highest BCUT2D eigenvalue weighted by molar-refractivity contribution is 7.99. The lowest BCUT2D eigenvalue weighted by atomic mass is 9.63. The quantitative estimate of drug-likeness (QED) is 0.838. The molecule has 4 heteroatoms. The summed E-state index contributed by atoms with van der Waals surface area (Å²) in [4.78, 5) is 12.1. The van der Waals surface area contributed by atoms with Crippen LogP contribution in [0.4, 0.5) is 0 Å². The Balaban J connectivity index is 1.88. The number of hydrogen-bond acceptors (Lipinski definition) is 3. The van der Waals surface area contributed by atoms with Gasteiger partial charge in [0.05, 0.1) is 6.07 Å². The molecular formula is C13H20N2OS. The van der Waals surface area contributed by atoms with Crippen LogP contribution >= 0.6 is 11.8 Å². The van der Waals surface area contributed by atoms with Gasteiger partial charge in [-0.2, -0.15) is 17.0 Å². The van der Waals surface area contributed by atoms with E-state index in [1.165, 1.54) is 6.42 Å². The summed E-state index contributed by atoms with van der Waals surface area (Å²) in [6.07, 6.45) is 6.89. The first-order chi connectivity index (χ1) is 8.09. The topological polar surface area (TPSA) is 52.9 Å². The van der Waals surface area contributed by atoms with Crippen LogP contribution in [0.3, 0.4) is 0 Å². The number of nitrogens with zero attached hydrogens (tertiary/aromatic N) is 1. The zero-order valence-electron chi connectivity index (χ0n) is 10.5. The fourth-order valence-corrected chi connectivity index (χ4v) is 3.86. The Kier molecular flexibility index (Phi) is 3.67. The summed E-state index contributed by atoms with van der Waals surface area (Å²) in [6.45, 7) is 2.10. The minimum Gasteiger partial charge on any atom is -0.352 e. The van der Waals surface area contributed by atoms with Gasteiger partial charge < -0.3 is 5.32 Å². The molecule has 2 atom stereocenters. The SMILES string of the molecule is CSC1CCC(NC(=O)C2(C#N)CC(C)C2)C1. The number of rotatable bonds is 3. The maximum Gasteiger partial charge on any atom is 0.240 e. The fourth-order valence-electron chi connectivity index (χ4n) is 3.07. The molecule has 0 aliphatic heterocycles. The Labute approximate surface area is 107 Å². The normalized spacial score (nSPS) is 40.4. The van der Waals surface area contributed by atoms with Crippen molar-refractivity contribution in [3.8, 4) is 6.07 Å². The molecule has 0 saturated heterocycles. The molecule has 2 unspecified atom stereocenters. The van der Waals surface area contributed by atoms with E-state index >= 15 is 0 Å². The van der Waals surface area contributed by atoms with E-state index in [4.69, 9.17) is 0 Å². The van der Waals surface area contributed by atoms with E-state index in [-0.39, 0.29) is 5.91 Å². The summed E-state index contributed by atoms with van der Waals surface area (Å²) in [5.41, 5.74) is -0.711. The molecule has 0 heterocycles. The third-order valence-corrected chi connectivity index (χ3v) is 5.19. The maximum absolute atomic E-state index is 12.1. The summed E-state index contributed by atoms with van der Waals surface area (Å²) in [7, 11) is 0. The molecule has 2 rings (SSSR count). The first-order valence-electron chi connectivity index (χ1n) is 6.34. The van der Waals surface area contributed by atoms with Crippen LogP contribution in [0.15, 0.2) is 0 Å². The molecule has 94 valence electrons. The van der Waals surface area contributed by atoms with E-state index in [1.54, 1.807) is 0 Å². The molecule has 0 aromatic rings. The molecule has 0 radical (unpaired) electrons. The van der Waals surface area contributed by atoms with Crippen molar-refractivity contribution in [3.05, 3.63) is 0 Å². The number of thioether (sulfide) groups is 1. The van der Waals surface area contributed by atoms with Crippen molar-refractivity contribution >= 4 is 17.7 Å². The zero-order valence-corrected chi connectivity index (χ0v) is 11.3. The highest BCUT2D eigenvalue weighted by Gasteiger charge is 2.49. The maximum atomic E-state index is 12.1. The molecule has 1 N–H and O–H groups in total. The van der Waals surface area contributed by atoms with Crippen molar-refractivity contribution in [3.63, 3.8) is 0 Å². The Hall–Kier alpha value is -0.690. The highest BCUT2D eigenvalue weighted by Crippen LogP contribution is 2.45. The van der Waals surface area contributed by atoms with Gasteiger partial charge in [-0.15, -0.1) is 0 Å². The minimum absolute atomic E-state index is 0.0233. The summed E-state index contributed by atoms with van der Waals surface area (Å²) in [6, 6.07) is 2.52. The first-order valence-corrected chi connectivity index (χ1v) is 7.63. The molecule has 1 amide bonds. The molecule has 0 bridgehead atoms. The van der Waals surface area contributed by atoms with Crippen molar-refractivity contribution in [2.75, 3.05) is 6.26 Å². The lowest BCUT2D eigenvalue weighted by Crippen LogP contribution is -2.50. The molecule has 0 spiro atoms. The predicted octanol–water partition coefficient (Wildman–Crippen LogP) is 2.33. The van der Waals surface area contributed by atoms with E-state index in [0.717, 1.165) is 25.7 Å². The van der Waals surface area contributed by atoms with Gasteiger partial charge in [0.2, 0.25) is 5.91 Å². The molecule has 3 nitrogen and oxygen atoms in total. The van der Waals surface area contributed by atoms with Crippen molar-refractivity contribution in [1.82, 2.24) is 5.32 Å². The zero-order chi connectivity index (χ0) is 12.5. The summed E-state index contributed by atoms with van der Waals surface area (Å²) in [5.74, 6) is 0.493. The van der Waals surface area contributed by atoms with Gasteiger partial charge in [0, 0.05) is 11.3 Å². The Morgan fingerprint density at radius 1 is 1.47 bits per heavy atom. The van der Waals surface area contributed by atoms with Gasteiger partial charge in [-0.1, -0.05) is 6.92 Å². The van der Waals surface area contributed by atoms with Crippen molar-refractivity contribution in [1.29, 1.82) is 5.26 Å². The summed E-state index contributed by atoms with van der Waals surface area (Å²) >= 11 is 1.88. The van der Waals surface area contributed by atoms with Crippen LogP contribution < -0.4 is 5.32 Å². The first kappa shape index (κ1) is 12.8. The van der Waals surface area contributed by atoms with Crippen LogP contribution in [0.1, 0.15) is 39.0 Å². The van der Waals surface area contributed by atoms with E-state index in [1.807, 2.05) is 11.8 Å². The number of nitriles is 1. The fraction of sp³-hybridized carbons (Fsp3) is 0.846. The standard InChI is InChI=1S/C13H20N2OS/c1-9-6-13(7-9,8-14)12(16)15-10-3-4-11(5-10)17-2/h9-11H,3-7H2,1-2H3,(H,15,16). The lowest BCUT2D eigenvalue weighted by Gasteiger charge is -2.39. The average Bonchev–Trinajstić information content (AvgIpc) is 2.72. The van der Waals surface area contributed by atoms with Gasteiger partial charge in [-0.05, 0) is 44.3 Å². The summed E-state index contributed by atoms with van der Waals surface area (Å²) in [5, 5.41) is 12.9. The molecule has 0 aromatic carbocycles. The number of amides is 1. The van der Waals surface area contributed by atoms with Gasteiger partial charge >= 0.3 is 0 Å². The number of nitrogens with one attached hydrogen (secondary N) is 1. The van der Waals surface area contributed by atoms with E-state index in [9.17, 15) is 10.1 Å². The second-order valence-corrected chi connectivity index (χ2v) is 6.69. The summed E-state index contributed by atoms with van der Waals surface area (Å²) < 4.78 is 0. The molecule has 17 heavy (non-hydrogen) atoms. The van der Waals surface area contributed by atoms with Gasteiger partial charge in [0.25, 0.3) is 0 Å². The molecule has 2 fully saturated rings. The van der Waals surface area contributed by atoms with Crippen molar-refractivity contribution in [2.24, 2.45) is 11.3 Å². The van der Waals surface area contributed by atoms with Gasteiger partial charge in [-0.25, -0.2) is 0 Å². The Morgan fingerprint density at radius 2 is 2.18 bits per heavy atom. The molecule has 0 aromatic heterocycles. The molecule has 2 aliphatic carbocycles. The number of carbonyl (C=O) groups is 1. The van der Waals surface area contributed by atoms with E-state index < -0.39 is 5.41 Å². The second-order valence-electron chi connectivity index (χ2n) is 5.55. The van der Waals surface area contributed by atoms with Gasteiger partial charge in [0.1, 0.15) is 5.41 Å². The largest absolute Gasteiger partial charge is 0.352 e. The van der Waals surface area contributed by atoms with Crippen LogP contribution in [0.2, 0.25) is 0 Å². The van der Waals surface area contributed by atoms with E-state index in [2.05, 4.69) is 24.6 Å². The molecule has 2 saturated carbocycles. The number of hydrogen-bond donors (Lipinski definition) is 1. The van der Waals surface area contributed by atoms with Crippen molar-refractivity contribution in [2.45, 2.75) is 50.3 Å². The van der Waals surface area contributed by atoms with Crippen LogP contribution in [-0.2, 0) is 4.79 Å². The van der Waals surface area contributed by atoms with Crippen LogP contribution in [0, 0.1) is 22.7 Å². The van der Waals surface area contributed by atoms with Gasteiger partial charge in [0.15, 0.2) is 0 Å². The second kappa shape index (κ2) is 4.89. The highest BCUT2D eigenvalue weighted by atomic mass is 32.2. The minimum atomic E-state index is -0.711.